The van der Waals surface area contributed by atoms with E-state index in [0.717, 1.165) is 25.1 Å². The molecule has 0 aliphatic heterocycles. The van der Waals surface area contributed by atoms with Gasteiger partial charge < -0.3 is 5.32 Å². The van der Waals surface area contributed by atoms with Crippen molar-refractivity contribution in [3.05, 3.63) is 45.4 Å². The van der Waals surface area contributed by atoms with E-state index in [2.05, 4.69) is 54.7 Å². The summed E-state index contributed by atoms with van der Waals surface area (Å²) in [5, 5.41) is 6.80. The lowest BCUT2D eigenvalue weighted by Gasteiger charge is -2.08. The Morgan fingerprint density at radius 1 is 1.22 bits per heavy atom. The third-order valence-electron chi connectivity index (χ3n) is 3.11. The summed E-state index contributed by atoms with van der Waals surface area (Å²) in [5.74, 6) is 0. The minimum Gasteiger partial charge on any atom is -0.379 e. The van der Waals surface area contributed by atoms with Crippen LogP contribution in [-0.2, 0) is 19.4 Å². The highest BCUT2D eigenvalue weighted by Gasteiger charge is 2.02. The fraction of sp³-hybridized carbons (Fsp3) is 0.400. The van der Waals surface area contributed by atoms with E-state index in [0.29, 0.717) is 0 Å². The van der Waals surface area contributed by atoms with E-state index in [9.17, 15) is 0 Å². The van der Waals surface area contributed by atoms with Gasteiger partial charge in [-0.3, -0.25) is 0 Å². The summed E-state index contributed by atoms with van der Waals surface area (Å²) in [4.78, 5) is 4.56. The Bertz CT molecular complexity index is 517. The van der Waals surface area contributed by atoms with Crippen LogP contribution < -0.4 is 5.32 Å². The van der Waals surface area contributed by atoms with Crippen LogP contribution in [-0.4, -0.2) is 4.98 Å². The molecule has 2 rings (SSSR count). The van der Waals surface area contributed by atoms with Crippen LogP contribution in [0.1, 0.15) is 35.7 Å². The van der Waals surface area contributed by atoms with Crippen LogP contribution in [0.4, 0.5) is 5.69 Å². The van der Waals surface area contributed by atoms with Crippen molar-refractivity contribution in [1.29, 1.82) is 0 Å². The van der Waals surface area contributed by atoms with Gasteiger partial charge in [0.15, 0.2) is 0 Å². The number of thiazole rings is 1. The summed E-state index contributed by atoms with van der Waals surface area (Å²) in [7, 11) is 0. The highest BCUT2D eigenvalue weighted by atomic mass is 32.1. The molecule has 96 valence electrons. The van der Waals surface area contributed by atoms with Crippen molar-refractivity contribution in [2.75, 3.05) is 5.32 Å². The second-order valence-electron chi connectivity index (χ2n) is 4.43. The molecule has 1 aromatic heterocycles. The molecule has 1 aromatic carbocycles. The Balaban J connectivity index is 2.01. The predicted octanol–water partition coefficient (Wildman–Crippen LogP) is 4.19. The summed E-state index contributed by atoms with van der Waals surface area (Å²) in [6.07, 6.45) is 2.10. The molecule has 1 N–H and O–H groups in total. The van der Waals surface area contributed by atoms with Gasteiger partial charge in [0.2, 0.25) is 0 Å². The van der Waals surface area contributed by atoms with E-state index in [-0.39, 0.29) is 0 Å². The molecule has 0 saturated carbocycles. The van der Waals surface area contributed by atoms with E-state index >= 15 is 0 Å². The first kappa shape index (κ1) is 13.1. The van der Waals surface area contributed by atoms with Gasteiger partial charge in [-0.2, -0.15) is 0 Å². The molecule has 2 nitrogen and oxygen atoms in total. The number of hydrogen-bond donors (Lipinski definition) is 1. The molecule has 0 unspecified atom stereocenters. The number of aryl methyl sites for hydroxylation is 3. The van der Waals surface area contributed by atoms with Gasteiger partial charge in [0.25, 0.3) is 0 Å². The van der Waals surface area contributed by atoms with E-state index in [1.807, 2.05) is 0 Å². The zero-order chi connectivity index (χ0) is 13.0. The molecule has 0 aliphatic rings. The molecule has 3 heteroatoms. The van der Waals surface area contributed by atoms with Crippen LogP contribution in [0.15, 0.2) is 23.6 Å². The van der Waals surface area contributed by atoms with Crippen molar-refractivity contribution in [2.45, 2.75) is 40.2 Å². The van der Waals surface area contributed by atoms with Gasteiger partial charge in [0.1, 0.15) is 0 Å². The lowest BCUT2D eigenvalue weighted by atomic mass is 10.1. The first-order valence-electron chi connectivity index (χ1n) is 6.49. The second kappa shape index (κ2) is 6.01. The quantitative estimate of drug-likeness (QED) is 0.872. The summed E-state index contributed by atoms with van der Waals surface area (Å²) in [6, 6.07) is 6.56. The van der Waals surface area contributed by atoms with Gasteiger partial charge in [0.05, 0.1) is 17.2 Å². The molecule has 0 saturated heterocycles. The van der Waals surface area contributed by atoms with Crippen molar-refractivity contribution in [3.63, 3.8) is 0 Å². The first-order valence-corrected chi connectivity index (χ1v) is 7.37. The molecule has 0 atom stereocenters. The maximum atomic E-state index is 4.56. The number of rotatable bonds is 5. The molecule has 0 bridgehead atoms. The second-order valence-corrected chi connectivity index (χ2v) is 5.38. The van der Waals surface area contributed by atoms with Crippen LogP contribution in [0.5, 0.6) is 0 Å². The highest BCUT2D eigenvalue weighted by Crippen LogP contribution is 2.17. The Hall–Kier alpha value is -1.35. The summed E-state index contributed by atoms with van der Waals surface area (Å²) < 4.78 is 0. The smallest absolute Gasteiger partial charge is 0.0926 e. The molecule has 0 aliphatic carbocycles. The molecule has 0 amide bonds. The van der Waals surface area contributed by atoms with Crippen molar-refractivity contribution < 1.29 is 0 Å². The maximum absolute atomic E-state index is 4.56. The van der Waals surface area contributed by atoms with Crippen molar-refractivity contribution >= 4 is 17.0 Å². The standard InChI is InChI=1S/C15H20N2S/c1-4-12-8-13(7-6-11(12)3)16-9-14-10-18-15(5-2)17-14/h6-8,10,16H,4-5,9H2,1-3H3. The Morgan fingerprint density at radius 2 is 2.06 bits per heavy atom. The third kappa shape index (κ3) is 3.10. The van der Waals surface area contributed by atoms with E-state index in [4.69, 9.17) is 0 Å². The monoisotopic (exact) mass is 260 g/mol. The summed E-state index contributed by atoms with van der Waals surface area (Å²) in [5.41, 5.74) is 5.09. The molecule has 1 heterocycles. The zero-order valence-corrected chi connectivity index (χ0v) is 12.1. The van der Waals surface area contributed by atoms with Gasteiger partial charge in [-0.25, -0.2) is 4.98 Å². The molecular weight excluding hydrogens is 240 g/mol. The van der Waals surface area contributed by atoms with Gasteiger partial charge in [-0.15, -0.1) is 11.3 Å². The van der Waals surface area contributed by atoms with E-state index < -0.39 is 0 Å². The average molecular weight is 260 g/mol. The van der Waals surface area contributed by atoms with Crippen LogP contribution in [0.25, 0.3) is 0 Å². The van der Waals surface area contributed by atoms with Crippen molar-refractivity contribution in [3.8, 4) is 0 Å². The van der Waals surface area contributed by atoms with Gasteiger partial charge in [-0.05, 0) is 43.0 Å². The molecule has 18 heavy (non-hydrogen) atoms. The van der Waals surface area contributed by atoms with Gasteiger partial charge in [-0.1, -0.05) is 19.9 Å². The largest absolute Gasteiger partial charge is 0.379 e. The number of anilines is 1. The maximum Gasteiger partial charge on any atom is 0.0926 e. The summed E-state index contributed by atoms with van der Waals surface area (Å²) >= 11 is 1.74. The van der Waals surface area contributed by atoms with Gasteiger partial charge >= 0.3 is 0 Å². The van der Waals surface area contributed by atoms with Crippen LogP contribution >= 0.6 is 11.3 Å². The molecule has 0 fully saturated rings. The van der Waals surface area contributed by atoms with Crippen molar-refractivity contribution in [2.24, 2.45) is 0 Å². The minimum absolute atomic E-state index is 0.808. The lowest BCUT2D eigenvalue weighted by molar-refractivity contribution is 1.01. The van der Waals surface area contributed by atoms with E-state index in [1.165, 1.54) is 21.8 Å². The number of hydrogen-bond acceptors (Lipinski definition) is 3. The normalized spacial score (nSPS) is 10.6. The summed E-state index contributed by atoms with van der Waals surface area (Å²) in [6.45, 7) is 7.31. The van der Waals surface area contributed by atoms with E-state index in [1.54, 1.807) is 11.3 Å². The molecule has 0 radical (unpaired) electrons. The molecular formula is C15H20N2S. The fourth-order valence-corrected chi connectivity index (χ4v) is 2.69. The van der Waals surface area contributed by atoms with Crippen LogP contribution in [0, 0.1) is 6.92 Å². The Morgan fingerprint density at radius 3 is 2.72 bits per heavy atom. The van der Waals surface area contributed by atoms with Gasteiger partial charge in [0, 0.05) is 11.1 Å². The fourth-order valence-electron chi connectivity index (χ4n) is 1.95. The Kier molecular flexibility index (Phi) is 4.37. The SMILES string of the molecule is CCc1nc(CNc2ccc(C)c(CC)c2)cs1. The molecule has 2 aromatic rings. The Labute approximate surface area is 113 Å². The number of benzene rings is 1. The molecule has 0 spiro atoms. The minimum atomic E-state index is 0.808. The number of aromatic nitrogens is 1. The number of nitrogens with zero attached hydrogens (tertiary/aromatic N) is 1. The van der Waals surface area contributed by atoms with Crippen LogP contribution in [0.2, 0.25) is 0 Å². The number of nitrogens with one attached hydrogen (secondary N) is 1. The topological polar surface area (TPSA) is 24.9 Å². The predicted molar refractivity (Wildman–Crippen MR) is 79.4 cm³/mol. The highest BCUT2D eigenvalue weighted by molar-refractivity contribution is 7.09. The van der Waals surface area contributed by atoms with Crippen molar-refractivity contribution in [1.82, 2.24) is 4.98 Å². The average Bonchev–Trinajstić information content (AvgIpc) is 2.86. The third-order valence-corrected chi connectivity index (χ3v) is 4.15. The lowest BCUT2D eigenvalue weighted by Crippen LogP contribution is -2.01. The first-order chi connectivity index (χ1) is 8.72. The van der Waals surface area contributed by atoms with Crippen LogP contribution in [0.3, 0.4) is 0 Å². The zero-order valence-electron chi connectivity index (χ0n) is 11.3.